The van der Waals surface area contributed by atoms with E-state index >= 15 is 0 Å². The highest BCUT2D eigenvalue weighted by atomic mass is 79.9. The second-order valence-electron chi connectivity index (χ2n) is 4.38. The number of amides is 1. The molecule has 1 aromatic carbocycles. The molecule has 0 saturated heterocycles. The number of carbonyl (C=O) groups excluding carboxylic acids is 1. The van der Waals surface area contributed by atoms with Crippen LogP contribution in [0.5, 0.6) is 5.75 Å². The minimum Gasteiger partial charge on any atom is -0.506 e. The van der Waals surface area contributed by atoms with Crippen LogP contribution in [0.3, 0.4) is 0 Å². The fourth-order valence-electron chi connectivity index (χ4n) is 1.76. The summed E-state index contributed by atoms with van der Waals surface area (Å²) in [6, 6.07) is 4.97. The number of aromatic nitrogens is 3. The lowest BCUT2D eigenvalue weighted by Crippen LogP contribution is -2.11. The minimum absolute atomic E-state index is 0.0512. The highest BCUT2D eigenvalue weighted by Crippen LogP contribution is 2.26. The number of phenolic OH excluding ortho intramolecular Hbond substituents is 1. The van der Waals surface area contributed by atoms with Crippen LogP contribution in [-0.2, 0) is 11.2 Å². The normalized spacial score (nSPS) is 10.4. The number of aromatic amines is 1. The predicted octanol–water partition coefficient (Wildman–Crippen LogP) is 2.62. The maximum absolute atomic E-state index is 11.7. The first-order valence-electron chi connectivity index (χ1n) is 6.28. The molecule has 0 fully saturated rings. The third kappa shape index (κ3) is 4.34. The zero-order chi connectivity index (χ0) is 14.4. The van der Waals surface area contributed by atoms with Gasteiger partial charge < -0.3 is 10.4 Å². The van der Waals surface area contributed by atoms with E-state index in [1.807, 2.05) is 0 Å². The van der Waals surface area contributed by atoms with E-state index in [0.717, 1.165) is 29.4 Å². The molecule has 1 amide bonds. The Morgan fingerprint density at radius 3 is 2.95 bits per heavy atom. The van der Waals surface area contributed by atoms with E-state index in [1.165, 1.54) is 0 Å². The van der Waals surface area contributed by atoms with E-state index in [9.17, 15) is 9.90 Å². The number of nitrogens with zero attached hydrogens (tertiary/aromatic N) is 2. The predicted molar refractivity (Wildman–Crippen MR) is 78.4 cm³/mol. The maximum Gasteiger partial charge on any atom is 0.224 e. The van der Waals surface area contributed by atoms with Crippen molar-refractivity contribution in [3.8, 4) is 5.75 Å². The summed E-state index contributed by atoms with van der Waals surface area (Å²) in [4.78, 5) is 11.7. The quantitative estimate of drug-likeness (QED) is 0.557. The SMILES string of the molecule is O=C(CCCCc1cn[nH]n1)Nc1ccc(Br)cc1O. The molecule has 1 heterocycles. The van der Waals surface area contributed by atoms with E-state index in [4.69, 9.17) is 0 Å². The van der Waals surface area contributed by atoms with Gasteiger partial charge in [-0.25, -0.2) is 0 Å². The molecule has 7 heteroatoms. The number of rotatable bonds is 6. The minimum atomic E-state index is -0.109. The summed E-state index contributed by atoms with van der Waals surface area (Å²) in [7, 11) is 0. The second-order valence-corrected chi connectivity index (χ2v) is 5.29. The first-order valence-corrected chi connectivity index (χ1v) is 7.07. The van der Waals surface area contributed by atoms with Crippen LogP contribution in [0.4, 0.5) is 5.69 Å². The van der Waals surface area contributed by atoms with Crippen LogP contribution in [0.1, 0.15) is 25.0 Å². The van der Waals surface area contributed by atoms with E-state index in [1.54, 1.807) is 24.4 Å². The van der Waals surface area contributed by atoms with Gasteiger partial charge in [-0.1, -0.05) is 15.9 Å². The Balaban J connectivity index is 1.72. The fourth-order valence-corrected chi connectivity index (χ4v) is 2.11. The van der Waals surface area contributed by atoms with Gasteiger partial charge in [0, 0.05) is 10.9 Å². The number of halogens is 1. The summed E-state index contributed by atoms with van der Waals surface area (Å²) in [5.41, 5.74) is 1.32. The maximum atomic E-state index is 11.7. The number of anilines is 1. The Kier molecular flexibility index (Phi) is 5.11. The summed E-state index contributed by atoms with van der Waals surface area (Å²) >= 11 is 3.25. The lowest BCUT2D eigenvalue weighted by Gasteiger charge is -2.07. The average Bonchev–Trinajstić information content (AvgIpc) is 2.91. The van der Waals surface area contributed by atoms with Gasteiger partial charge in [-0.3, -0.25) is 4.79 Å². The van der Waals surface area contributed by atoms with E-state index in [2.05, 4.69) is 36.7 Å². The van der Waals surface area contributed by atoms with Gasteiger partial charge in [-0.15, -0.1) is 0 Å². The lowest BCUT2D eigenvalue weighted by molar-refractivity contribution is -0.116. The van der Waals surface area contributed by atoms with Crippen LogP contribution >= 0.6 is 15.9 Å². The van der Waals surface area contributed by atoms with Crippen molar-refractivity contribution >= 4 is 27.5 Å². The van der Waals surface area contributed by atoms with Crippen molar-refractivity contribution in [3.63, 3.8) is 0 Å². The lowest BCUT2D eigenvalue weighted by atomic mass is 10.1. The van der Waals surface area contributed by atoms with Crippen molar-refractivity contribution in [2.24, 2.45) is 0 Å². The van der Waals surface area contributed by atoms with Crippen molar-refractivity contribution in [2.75, 3.05) is 5.32 Å². The molecule has 1 aromatic heterocycles. The molecule has 0 radical (unpaired) electrons. The third-order valence-corrected chi connectivity index (χ3v) is 3.28. The molecular weight excluding hydrogens is 324 g/mol. The van der Waals surface area contributed by atoms with Gasteiger partial charge in [-0.2, -0.15) is 15.4 Å². The van der Waals surface area contributed by atoms with Crippen molar-refractivity contribution in [1.82, 2.24) is 15.4 Å². The second kappa shape index (κ2) is 7.04. The van der Waals surface area contributed by atoms with Crippen molar-refractivity contribution < 1.29 is 9.90 Å². The number of hydrogen-bond donors (Lipinski definition) is 3. The number of hydrogen-bond acceptors (Lipinski definition) is 4. The summed E-state index contributed by atoms with van der Waals surface area (Å²) < 4.78 is 0.764. The molecule has 0 aliphatic rings. The van der Waals surface area contributed by atoms with Crippen LogP contribution in [0, 0.1) is 0 Å². The Labute approximate surface area is 124 Å². The zero-order valence-corrected chi connectivity index (χ0v) is 12.4. The Bertz CT molecular complexity index is 572. The molecule has 106 valence electrons. The number of benzene rings is 1. The van der Waals surface area contributed by atoms with Gasteiger partial charge in [-0.05, 0) is 37.5 Å². The molecule has 0 aliphatic heterocycles. The largest absolute Gasteiger partial charge is 0.506 e. The first-order chi connectivity index (χ1) is 9.65. The van der Waals surface area contributed by atoms with E-state index in [0.29, 0.717) is 12.1 Å². The van der Waals surface area contributed by atoms with E-state index < -0.39 is 0 Å². The third-order valence-electron chi connectivity index (χ3n) is 2.79. The van der Waals surface area contributed by atoms with Crippen molar-refractivity contribution in [1.29, 1.82) is 0 Å². The summed E-state index contributed by atoms with van der Waals surface area (Å²) in [6.45, 7) is 0. The van der Waals surface area contributed by atoms with E-state index in [-0.39, 0.29) is 11.7 Å². The molecular formula is C13H15BrN4O2. The Morgan fingerprint density at radius 2 is 2.25 bits per heavy atom. The van der Waals surface area contributed by atoms with Gasteiger partial charge in [0.05, 0.1) is 17.6 Å². The highest BCUT2D eigenvalue weighted by Gasteiger charge is 2.07. The van der Waals surface area contributed by atoms with Gasteiger partial charge in [0.2, 0.25) is 5.91 Å². The van der Waals surface area contributed by atoms with Crippen LogP contribution in [-0.4, -0.2) is 26.4 Å². The summed E-state index contributed by atoms with van der Waals surface area (Å²) in [5.74, 6) is -0.0573. The smallest absolute Gasteiger partial charge is 0.224 e. The molecule has 6 nitrogen and oxygen atoms in total. The number of unbranched alkanes of at least 4 members (excludes halogenated alkanes) is 1. The molecule has 20 heavy (non-hydrogen) atoms. The Morgan fingerprint density at radius 1 is 1.40 bits per heavy atom. The number of nitrogens with one attached hydrogen (secondary N) is 2. The van der Waals surface area contributed by atoms with Gasteiger partial charge >= 0.3 is 0 Å². The molecule has 0 aliphatic carbocycles. The molecule has 2 aromatic rings. The van der Waals surface area contributed by atoms with Gasteiger partial charge in [0.15, 0.2) is 0 Å². The summed E-state index contributed by atoms with van der Waals surface area (Å²) in [6.07, 6.45) is 4.52. The average molecular weight is 339 g/mol. The fraction of sp³-hybridized carbons (Fsp3) is 0.308. The highest BCUT2D eigenvalue weighted by molar-refractivity contribution is 9.10. The zero-order valence-electron chi connectivity index (χ0n) is 10.8. The molecule has 0 saturated carbocycles. The van der Waals surface area contributed by atoms with Crippen LogP contribution in [0.2, 0.25) is 0 Å². The number of aromatic hydroxyl groups is 1. The molecule has 0 atom stereocenters. The van der Waals surface area contributed by atoms with Crippen LogP contribution in [0.15, 0.2) is 28.9 Å². The molecule has 0 spiro atoms. The Hall–Kier alpha value is -1.89. The molecule has 0 bridgehead atoms. The monoisotopic (exact) mass is 338 g/mol. The topological polar surface area (TPSA) is 90.9 Å². The van der Waals surface area contributed by atoms with Crippen LogP contribution < -0.4 is 5.32 Å². The number of H-pyrrole nitrogens is 1. The van der Waals surface area contributed by atoms with Gasteiger partial charge in [0.25, 0.3) is 0 Å². The van der Waals surface area contributed by atoms with Crippen LogP contribution in [0.25, 0.3) is 0 Å². The molecule has 0 unspecified atom stereocenters. The number of carbonyl (C=O) groups is 1. The number of aryl methyl sites for hydroxylation is 1. The molecule has 2 rings (SSSR count). The standard InChI is InChI=1S/C13H15BrN4O2/c14-9-5-6-11(12(19)7-9)16-13(20)4-2-1-3-10-8-15-18-17-10/h5-8,19H,1-4H2,(H,16,20)(H,15,17,18). The molecule has 3 N–H and O–H groups in total. The summed E-state index contributed by atoms with van der Waals surface area (Å²) in [5, 5.41) is 22.6. The number of phenols is 1. The van der Waals surface area contributed by atoms with Crippen molar-refractivity contribution in [3.05, 3.63) is 34.6 Å². The van der Waals surface area contributed by atoms with Gasteiger partial charge in [0.1, 0.15) is 5.75 Å². The first kappa shape index (κ1) is 14.5. The van der Waals surface area contributed by atoms with Crippen molar-refractivity contribution in [2.45, 2.75) is 25.7 Å².